The Balaban J connectivity index is 1.91. The van der Waals surface area contributed by atoms with Crippen LogP contribution in [0.15, 0.2) is 43.1 Å². The predicted octanol–water partition coefficient (Wildman–Crippen LogP) is 1.10. The van der Waals surface area contributed by atoms with E-state index in [2.05, 4.69) is 15.3 Å². The molecule has 0 fully saturated rings. The number of amides is 1. The van der Waals surface area contributed by atoms with Gasteiger partial charge in [0.05, 0.1) is 6.33 Å². The SMILES string of the molecule is C[C@H](Cn1ccnc1)NC(=O)c1ccccn1. The minimum Gasteiger partial charge on any atom is -0.346 e. The predicted molar refractivity (Wildman–Crippen MR) is 63.4 cm³/mol. The van der Waals surface area contributed by atoms with Crippen LogP contribution in [-0.4, -0.2) is 26.5 Å². The Morgan fingerprint density at radius 3 is 3.00 bits per heavy atom. The quantitative estimate of drug-likeness (QED) is 0.855. The van der Waals surface area contributed by atoms with Crippen LogP contribution in [0.25, 0.3) is 0 Å². The molecule has 1 atom stereocenters. The lowest BCUT2D eigenvalue weighted by Crippen LogP contribution is -2.35. The molecule has 2 aromatic heterocycles. The first-order chi connectivity index (χ1) is 8.25. The van der Waals surface area contributed by atoms with Crippen molar-refractivity contribution >= 4 is 5.91 Å². The number of hydrogen-bond acceptors (Lipinski definition) is 3. The Labute approximate surface area is 99.5 Å². The highest BCUT2D eigenvalue weighted by Crippen LogP contribution is 1.96. The van der Waals surface area contributed by atoms with Crippen molar-refractivity contribution in [2.75, 3.05) is 0 Å². The molecule has 0 spiro atoms. The van der Waals surface area contributed by atoms with Crippen molar-refractivity contribution in [1.29, 1.82) is 0 Å². The highest BCUT2D eigenvalue weighted by atomic mass is 16.1. The van der Waals surface area contributed by atoms with Crippen LogP contribution in [0.5, 0.6) is 0 Å². The maximum atomic E-state index is 11.8. The third-order valence-electron chi connectivity index (χ3n) is 2.32. The number of hydrogen-bond donors (Lipinski definition) is 1. The van der Waals surface area contributed by atoms with E-state index in [1.165, 1.54) is 0 Å². The minimum atomic E-state index is -0.154. The molecule has 1 amide bonds. The van der Waals surface area contributed by atoms with Gasteiger partial charge in [-0.2, -0.15) is 0 Å². The van der Waals surface area contributed by atoms with Gasteiger partial charge in [0.15, 0.2) is 0 Å². The molecule has 17 heavy (non-hydrogen) atoms. The van der Waals surface area contributed by atoms with E-state index in [1.54, 1.807) is 36.9 Å². The first-order valence-corrected chi connectivity index (χ1v) is 5.43. The largest absolute Gasteiger partial charge is 0.346 e. The summed E-state index contributed by atoms with van der Waals surface area (Å²) in [7, 11) is 0. The summed E-state index contributed by atoms with van der Waals surface area (Å²) < 4.78 is 1.92. The third kappa shape index (κ3) is 3.14. The number of carbonyl (C=O) groups excluding carboxylic acids is 1. The molecule has 88 valence electrons. The molecule has 0 aliphatic heterocycles. The van der Waals surface area contributed by atoms with Gasteiger partial charge in [-0.05, 0) is 19.1 Å². The lowest BCUT2D eigenvalue weighted by molar-refractivity contribution is 0.0931. The Morgan fingerprint density at radius 2 is 2.35 bits per heavy atom. The van der Waals surface area contributed by atoms with Crippen LogP contribution in [0.1, 0.15) is 17.4 Å². The molecule has 0 aromatic carbocycles. The average molecular weight is 230 g/mol. The molecule has 5 nitrogen and oxygen atoms in total. The van der Waals surface area contributed by atoms with E-state index in [1.807, 2.05) is 17.7 Å². The van der Waals surface area contributed by atoms with E-state index >= 15 is 0 Å². The number of imidazole rings is 1. The summed E-state index contributed by atoms with van der Waals surface area (Å²) in [6, 6.07) is 5.30. The highest BCUT2D eigenvalue weighted by Gasteiger charge is 2.10. The highest BCUT2D eigenvalue weighted by molar-refractivity contribution is 5.92. The Morgan fingerprint density at radius 1 is 1.47 bits per heavy atom. The molecule has 0 bridgehead atoms. The van der Waals surface area contributed by atoms with E-state index in [0.29, 0.717) is 12.2 Å². The molecule has 0 saturated carbocycles. The molecule has 0 unspecified atom stereocenters. The Bertz CT molecular complexity index is 467. The molecule has 5 heteroatoms. The van der Waals surface area contributed by atoms with E-state index in [0.717, 1.165) is 0 Å². The molecule has 2 heterocycles. The van der Waals surface area contributed by atoms with Crippen LogP contribution in [-0.2, 0) is 6.54 Å². The second kappa shape index (κ2) is 5.25. The van der Waals surface area contributed by atoms with E-state index in [9.17, 15) is 4.79 Å². The van der Waals surface area contributed by atoms with Crippen molar-refractivity contribution < 1.29 is 4.79 Å². The van der Waals surface area contributed by atoms with Gasteiger partial charge in [0.1, 0.15) is 5.69 Å². The van der Waals surface area contributed by atoms with Crippen molar-refractivity contribution in [3.8, 4) is 0 Å². The fraction of sp³-hybridized carbons (Fsp3) is 0.250. The van der Waals surface area contributed by atoms with Gasteiger partial charge in [0.2, 0.25) is 0 Å². The second-order valence-electron chi connectivity index (χ2n) is 3.85. The van der Waals surface area contributed by atoms with Crippen LogP contribution < -0.4 is 5.32 Å². The van der Waals surface area contributed by atoms with Gasteiger partial charge in [-0.1, -0.05) is 6.07 Å². The molecular formula is C12H14N4O. The number of carbonyl (C=O) groups is 1. The normalized spacial score (nSPS) is 12.1. The van der Waals surface area contributed by atoms with Crippen molar-refractivity contribution in [1.82, 2.24) is 19.9 Å². The maximum Gasteiger partial charge on any atom is 0.270 e. The summed E-state index contributed by atoms with van der Waals surface area (Å²) in [5.41, 5.74) is 0.435. The lowest BCUT2D eigenvalue weighted by Gasteiger charge is -2.13. The number of rotatable bonds is 4. The fourth-order valence-electron chi connectivity index (χ4n) is 1.55. The maximum absolute atomic E-state index is 11.8. The summed E-state index contributed by atoms with van der Waals surface area (Å²) in [5, 5.41) is 2.88. The van der Waals surface area contributed by atoms with Crippen molar-refractivity contribution in [2.24, 2.45) is 0 Å². The number of pyridine rings is 1. The minimum absolute atomic E-state index is 0.0266. The van der Waals surface area contributed by atoms with E-state index in [-0.39, 0.29) is 11.9 Å². The Kier molecular flexibility index (Phi) is 3.49. The van der Waals surface area contributed by atoms with Crippen LogP contribution in [0, 0.1) is 0 Å². The molecule has 2 aromatic rings. The standard InChI is InChI=1S/C12H14N4O/c1-10(8-16-7-6-13-9-16)15-12(17)11-4-2-3-5-14-11/h2-7,9-10H,8H2,1H3,(H,15,17)/t10-/m1/s1. The van der Waals surface area contributed by atoms with Gasteiger partial charge in [0, 0.05) is 31.2 Å². The van der Waals surface area contributed by atoms with Gasteiger partial charge >= 0.3 is 0 Å². The number of aromatic nitrogens is 3. The monoisotopic (exact) mass is 230 g/mol. The summed E-state index contributed by atoms with van der Waals surface area (Å²) in [5.74, 6) is -0.154. The van der Waals surface area contributed by atoms with Gasteiger partial charge < -0.3 is 9.88 Å². The lowest BCUT2D eigenvalue weighted by atomic mass is 10.3. The second-order valence-corrected chi connectivity index (χ2v) is 3.85. The van der Waals surface area contributed by atoms with Crippen LogP contribution >= 0.6 is 0 Å². The Hall–Kier alpha value is -2.17. The number of nitrogens with zero attached hydrogens (tertiary/aromatic N) is 3. The zero-order chi connectivity index (χ0) is 12.1. The van der Waals surface area contributed by atoms with Crippen LogP contribution in [0.4, 0.5) is 0 Å². The van der Waals surface area contributed by atoms with E-state index in [4.69, 9.17) is 0 Å². The third-order valence-corrected chi connectivity index (χ3v) is 2.32. The zero-order valence-corrected chi connectivity index (χ0v) is 9.58. The van der Waals surface area contributed by atoms with Crippen LogP contribution in [0.3, 0.4) is 0 Å². The van der Waals surface area contributed by atoms with Crippen LogP contribution in [0.2, 0.25) is 0 Å². The van der Waals surface area contributed by atoms with Gasteiger partial charge in [-0.25, -0.2) is 4.98 Å². The average Bonchev–Trinajstić information content (AvgIpc) is 2.82. The van der Waals surface area contributed by atoms with Crippen molar-refractivity contribution in [3.05, 3.63) is 48.8 Å². The smallest absolute Gasteiger partial charge is 0.270 e. The van der Waals surface area contributed by atoms with Crippen molar-refractivity contribution in [2.45, 2.75) is 19.5 Å². The van der Waals surface area contributed by atoms with E-state index < -0.39 is 0 Å². The van der Waals surface area contributed by atoms with Gasteiger partial charge in [-0.15, -0.1) is 0 Å². The summed E-state index contributed by atoms with van der Waals surface area (Å²) >= 11 is 0. The van der Waals surface area contributed by atoms with Gasteiger partial charge in [-0.3, -0.25) is 9.78 Å². The number of nitrogens with one attached hydrogen (secondary N) is 1. The molecule has 0 aliphatic rings. The van der Waals surface area contributed by atoms with Gasteiger partial charge in [0.25, 0.3) is 5.91 Å². The molecule has 0 radical (unpaired) electrons. The zero-order valence-electron chi connectivity index (χ0n) is 9.58. The molecular weight excluding hydrogens is 216 g/mol. The molecule has 0 aliphatic carbocycles. The topological polar surface area (TPSA) is 59.8 Å². The first kappa shape index (κ1) is 11.3. The fourth-order valence-corrected chi connectivity index (χ4v) is 1.55. The van der Waals surface area contributed by atoms with Crippen molar-refractivity contribution in [3.63, 3.8) is 0 Å². The summed E-state index contributed by atoms with van der Waals surface area (Å²) in [6.07, 6.45) is 6.91. The summed E-state index contributed by atoms with van der Waals surface area (Å²) in [6.45, 7) is 2.64. The summed E-state index contributed by atoms with van der Waals surface area (Å²) in [4.78, 5) is 19.7. The first-order valence-electron chi connectivity index (χ1n) is 5.43. The molecule has 1 N–H and O–H groups in total. The molecule has 2 rings (SSSR count). The molecule has 0 saturated heterocycles.